The van der Waals surface area contributed by atoms with Gasteiger partial charge in [-0.3, -0.25) is 9.59 Å². The van der Waals surface area contributed by atoms with Crippen LogP contribution in [0, 0.1) is 5.92 Å². The number of amides is 1. The third kappa shape index (κ3) is 4.50. The second kappa shape index (κ2) is 7.34. The molecule has 0 heterocycles. The van der Waals surface area contributed by atoms with Gasteiger partial charge in [0, 0.05) is 11.7 Å². The van der Waals surface area contributed by atoms with Gasteiger partial charge in [-0.15, -0.1) is 11.8 Å². The molecule has 0 aromatic rings. The first-order valence-electron chi connectivity index (χ1n) is 7.86. The molecule has 4 nitrogen and oxygen atoms in total. The number of carbonyl (C=O) groups is 2. The van der Waals surface area contributed by atoms with E-state index in [2.05, 4.69) is 6.08 Å². The van der Waals surface area contributed by atoms with Crippen LogP contribution in [-0.4, -0.2) is 38.9 Å². The van der Waals surface area contributed by atoms with Gasteiger partial charge in [0.2, 0.25) is 5.91 Å². The zero-order valence-corrected chi connectivity index (χ0v) is 13.7. The van der Waals surface area contributed by atoms with E-state index in [-0.39, 0.29) is 17.6 Å². The standard InChI is InChI=1S/C16H25NO3S/c1-11(2)15(16(19)20)21-10-14(18)17(13-8-9-13)12-6-4-3-5-7-12/h6,11,13,15H,3-5,7-10H2,1-2H3,(H,19,20). The highest BCUT2D eigenvalue weighted by Crippen LogP contribution is 2.34. The lowest BCUT2D eigenvalue weighted by molar-refractivity contribution is -0.137. The summed E-state index contributed by atoms with van der Waals surface area (Å²) in [5.74, 6) is -0.438. The van der Waals surface area contributed by atoms with E-state index >= 15 is 0 Å². The zero-order valence-electron chi connectivity index (χ0n) is 12.9. The first-order chi connectivity index (χ1) is 10.0. The number of carboxylic acid groups (broad SMARTS) is 1. The maximum atomic E-state index is 12.5. The van der Waals surface area contributed by atoms with E-state index in [1.165, 1.54) is 23.9 Å². The molecule has 21 heavy (non-hydrogen) atoms. The van der Waals surface area contributed by atoms with Crippen molar-refractivity contribution in [1.29, 1.82) is 0 Å². The van der Waals surface area contributed by atoms with Gasteiger partial charge in [-0.2, -0.15) is 0 Å². The van der Waals surface area contributed by atoms with Crippen LogP contribution in [0.15, 0.2) is 11.8 Å². The molecule has 0 radical (unpaired) electrons. The summed E-state index contributed by atoms with van der Waals surface area (Å²) in [7, 11) is 0. The highest BCUT2D eigenvalue weighted by Gasteiger charge is 2.35. The quantitative estimate of drug-likeness (QED) is 0.784. The average molecular weight is 311 g/mol. The van der Waals surface area contributed by atoms with Crippen LogP contribution in [0.1, 0.15) is 52.4 Å². The molecule has 2 aliphatic carbocycles. The van der Waals surface area contributed by atoms with Crippen molar-refractivity contribution in [2.45, 2.75) is 63.7 Å². The minimum absolute atomic E-state index is 0.0311. The molecule has 1 unspecified atom stereocenters. The van der Waals surface area contributed by atoms with E-state index in [4.69, 9.17) is 0 Å². The van der Waals surface area contributed by atoms with Crippen LogP contribution < -0.4 is 0 Å². The minimum Gasteiger partial charge on any atom is -0.480 e. The lowest BCUT2D eigenvalue weighted by Gasteiger charge is -2.28. The van der Waals surface area contributed by atoms with Crippen LogP contribution in [0.5, 0.6) is 0 Å². The summed E-state index contributed by atoms with van der Waals surface area (Å²) in [5, 5.41) is 8.70. The van der Waals surface area contributed by atoms with Gasteiger partial charge in [0.15, 0.2) is 0 Å². The molecule has 2 aliphatic rings. The number of nitrogens with zero attached hydrogens (tertiary/aromatic N) is 1. The highest BCUT2D eigenvalue weighted by molar-refractivity contribution is 8.01. The Morgan fingerprint density at radius 1 is 1.38 bits per heavy atom. The summed E-state index contributed by atoms with van der Waals surface area (Å²) >= 11 is 1.27. The number of hydrogen-bond donors (Lipinski definition) is 1. The van der Waals surface area contributed by atoms with Crippen LogP contribution in [-0.2, 0) is 9.59 Å². The number of allylic oxidation sites excluding steroid dienone is 2. The van der Waals surface area contributed by atoms with Gasteiger partial charge in [0.1, 0.15) is 5.25 Å². The SMILES string of the molecule is CC(C)C(SCC(=O)N(C1=CCCCC1)C1CC1)C(=O)O. The summed E-state index contributed by atoms with van der Waals surface area (Å²) in [6, 6.07) is 0.366. The Morgan fingerprint density at radius 2 is 2.10 bits per heavy atom. The summed E-state index contributed by atoms with van der Waals surface area (Å²) < 4.78 is 0. The minimum atomic E-state index is -0.822. The molecule has 1 N–H and O–H groups in total. The van der Waals surface area contributed by atoms with Crippen LogP contribution in [0.25, 0.3) is 0 Å². The van der Waals surface area contributed by atoms with E-state index in [9.17, 15) is 14.7 Å². The Hall–Kier alpha value is -0.970. The van der Waals surface area contributed by atoms with E-state index in [0.717, 1.165) is 32.1 Å². The Morgan fingerprint density at radius 3 is 2.57 bits per heavy atom. The molecule has 0 bridgehead atoms. The molecule has 2 rings (SSSR count). The average Bonchev–Trinajstić information content (AvgIpc) is 3.24. The van der Waals surface area contributed by atoms with Gasteiger partial charge in [-0.25, -0.2) is 0 Å². The van der Waals surface area contributed by atoms with Gasteiger partial charge in [-0.05, 0) is 44.4 Å². The fraction of sp³-hybridized carbons (Fsp3) is 0.750. The summed E-state index contributed by atoms with van der Waals surface area (Å²) in [4.78, 5) is 25.7. The molecule has 0 saturated heterocycles. The maximum absolute atomic E-state index is 12.5. The predicted octanol–water partition coefficient (Wildman–Crippen LogP) is 3.28. The fourth-order valence-corrected chi connectivity index (χ4v) is 3.74. The van der Waals surface area contributed by atoms with E-state index in [1.807, 2.05) is 18.7 Å². The van der Waals surface area contributed by atoms with Crippen LogP contribution in [0.2, 0.25) is 0 Å². The van der Waals surface area contributed by atoms with Crippen LogP contribution >= 0.6 is 11.8 Å². The Balaban J connectivity index is 1.96. The highest BCUT2D eigenvalue weighted by atomic mass is 32.2. The third-order valence-corrected chi connectivity index (χ3v) is 5.51. The predicted molar refractivity (Wildman–Crippen MR) is 85.1 cm³/mol. The Labute approximate surface area is 131 Å². The molecule has 1 amide bonds. The lowest BCUT2D eigenvalue weighted by Crippen LogP contribution is -2.35. The van der Waals surface area contributed by atoms with Crippen molar-refractivity contribution in [2.75, 3.05) is 5.75 Å². The van der Waals surface area contributed by atoms with Gasteiger partial charge in [0.25, 0.3) is 0 Å². The fourth-order valence-electron chi connectivity index (χ4n) is 2.75. The third-order valence-electron chi connectivity index (χ3n) is 3.99. The smallest absolute Gasteiger partial charge is 0.316 e. The molecule has 5 heteroatoms. The summed E-state index contributed by atoms with van der Waals surface area (Å²) in [6.45, 7) is 3.77. The van der Waals surface area contributed by atoms with Gasteiger partial charge < -0.3 is 10.0 Å². The zero-order chi connectivity index (χ0) is 15.4. The van der Waals surface area contributed by atoms with E-state index < -0.39 is 11.2 Å². The van der Waals surface area contributed by atoms with Gasteiger partial charge in [-0.1, -0.05) is 19.9 Å². The molecule has 1 atom stereocenters. The van der Waals surface area contributed by atoms with Gasteiger partial charge >= 0.3 is 5.97 Å². The first-order valence-corrected chi connectivity index (χ1v) is 8.91. The number of rotatable bonds is 7. The molecule has 0 aliphatic heterocycles. The van der Waals surface area contributed by atoms with Crippen LogP contribution in [0.3, 0.4) is 0 Å². The maximum Gasteiger partial charge on any atom is 0.316 e. The van der Waals surface area contributed by atoms with E-state index in [1.54, 1.807) is 0 Å². The molecular formula is C16H25NO3S. The van der Waals surface area contributed by atoms with Crippen molar-refractivity contribution in [3.8, 4) is 0 Å². The normalized spacial score (nSPS) is 20.0. The molecule has 0 spiro atoms. The molecule has 1 saturated carbocycles. The van der Waals surface area contributed by atoms with Crippen LogP contribution in [0.4, 0.5) is 0 Å². The number of carbonyl (C=O) groups excluding carboxylic acids is 1. The monoisotopic (exact) mass is 311 g/mol. The molecule has 0 aromatic heterocycles. The Bertz CT molecular complexity index is 429. The van der Waals surface area contributed by atoms with E-state index in [0.29, 0.717) is 6.04 Å². The largest absolute Gasteiger partial charge is 0.480 e. The summed E-state index contributed by atoms with van der Waals surface area (Å²) in [6.07, 6.45) is 8.77. The van der Waals surface area contributed by atoms with Crippen molar-refractivity contribution in [1.82, 2.24) is 4.90 Å². The first kappa shape index (κ1) is 16.4. The number of carboxylic acids is 1. The number of thioether (sulfide) groups is 1. The molecule has 118 valence electrons. The molecule has 1 fully saturated rings. The Kier molecular flexibility index (Phi) is 5.73. The number of hydrogen-bond acceptors (Lipinski definition) is 3. The van der Waals surface area contributed by atoms with Crippen molar-refractivity contribution in [2.24, 2.45) is 5.92 Å². The van der Waals surface area contributed by atoms with Gasteiger partial charge in [0.05, 0.1) is 5.75 Å². The summed E-state index contributed by atoms with van der Waals surface area (Å²) in [5.41, 5.74) is 1.17. The second-order valence-corrected chi connectivity index (χ2v) is 7.38. The number of aliphatic carboxylic acids is 1. The van der Waals surface area contributed by atoms with Crippen molar-refractivity contribution < 1.29 is 14.7 Å². The molecular weight excluding hydrogens is 286 g/mol. The second-order valence-electron chi connectivity index (χ2n) is 6.25. The lowest BCUT2D eigenvalue weighted by atomic mass is 10.0. The van der Waals surface area contributed by atoms with Crippen molar-refractivity contribution >= 4 is 23.6 Å². The van der Waals surface area contributed by atoms with Crippen molar-refractivity contribution in [3.05, 3.63) is 11.8 Å². The topological polar surface area (TPSA) is 57.6 Å². The van der Waals surface area contributed by atoms with Crippen molar-refractivity contribution in [3.63, 3.8) is 0 Å². The molecule has 0 aromatic carbocycles.